The first-order chi connectivity index (χ1) is 18.0. The fourth-order valence-corrected chi connectivity index (χ4v) is 4.06. The van der Waals surface area contributed by atoms with Gasteiger partial charge in [-0.1, -0.05) is 18.2 Å². The molecule has 0 saturated carbocycles. The fraction of sp³-hybridized carbons (Fsp3) is 0.167. The molecule has 196 valence electrons. The summed E-state index contributed by atoms with van der Waals surface area (Å²) in [4.78, 5) is 0. The van der Waals surface area contributed by atoms with Crippen LogP contribution >= 0.6 is 0 Å². The van der Waals surface area contributed by atoms with Crippen LogP contribution in [0.3, 0.4) is 0 Å². The Bertz CT molecular complexity index is 1500. The number of hydrazone groups is 1. The van der Waals surface area contributed by atoms with Gasteiger partial charge in [0.2, 0.25) is 0 Å². The Kier molecular flexibility index (Phi) is 6.12. The maximum atomic E-state index is 14.8. The highest BCUT2D eigenvalue weighted by Gasteiger charge is 2.63. The van der Waals surface area contributed by atoms with Crippen molar-refractivity contribution in [3.63, 3.8) is 0 Å². The Morgan fingerprint density at radius 1 is 0.816 bits per heavy atom. The minimum atomic E-state index is -5.96. The van der Waals surface area contributed by atoms with Crippen LogP contribution in [-0.2, 0) is 0 Å². The van der Waals surface area contributed by atoms with Crippen LogP contribution in [0.25, 0.3) is 16.8 Å². The minimum Gasteiger partial charge on any atom is -0.255 e. The first kappa shape index (κ1) is 25.3. The lowest BCUT2D eigenvalue weighted by atomic mass is 9.95. The molecule has 1 aromatic heterocycles. The number of nitrogens with zero attached hydrogens (tertiary/aromatic N) is 6. The van der Waals surface area contributed by atoms with Gasteiger partial charge < -0.3 is 0 Å². The summed E-state index contributed by atoms with van der Waals surface area (Å²) in [6.07, 6.45) is -5.57. The van der Waals surface area contributed by atoms with Gasteiger partial charge in [-0.05, 0) is 58.0 Å². The van der Waals surface area contributed by atoms with Crippen molar-refractivity contribution < 1.29 is 35.1 Å². The molecule has 0 N–H and O–H groups in total. The number of hydrogen-bond acceptors (Lipinski definition) is 5. The zero-order chi connectivity index (χ0) is 27.2. The lowest BCUT2D eigenvalue weighted by Gasteiger charge is -2.25. The van der Waals surface area contributed by atoms with Gasteiger partial charge in [0.25, 0.3) is 0 Å². The van der Waals surface area contributed by atoms with Gasteiger partial charge in [-0.2, -0.15) is 27.1 Å². The Morgan fingerprint density at radius 2 is 1.55 bits per heavy atom. The molecule has 0 amide bonds. The molecule has 5 rings (SSSR count). The molecule has 0 saturated heterocycles. The van der Waals surface area contributed by atoms with Crippen LogP contribution in [0, 0.1) is 17.5 Å². The van der Waals surface area contributed by atoms with E-state index in [1.807, 2.05) is 0 Å². The summed E-state index contributed by atoms with van der Waals surface area (Å²) in [5.74, 6) is -8.23. The second-order valence-electron chi connectivity index (χ2n) is 8.32. The van der Waals surface area contributed by atoms with Gasteiger partial charge in [-0.15, -0.1) is 5.10 Å². The van der Waals surface area contributed by atoms with E-state index in [1.165, 1.54) is 35.3 Å². The number of tetrazole rings is 1. The highest BCUT2D eigenvalue weighted by Crippen LogP contribution is 2.45. The predicted molar refractivity (Wildman–Crippen MR) is 119 cm³/mol. The number of halogens is 8. The molecular weight excluding hydrogens is 524 g/mol. The smallest absolute Gasteiger partial charge is 0.255 e. The Morgan fingerprint density at radius 3 is 2.18 bits per heavy atom. The molecule has 1 aliphatic heterocycles. The van der Waals surface area contributed by atoms with E-state index in [-0.39, 0.29) is 11.1 Å². The van der Waals surface area contributed by atoms with Crippen molar-refractivity contribution in [2.24, 2.45) is 5.10 Å². The Hall–Kier alpha value is -4.36. The number of hydrogen-bond donors (Lipinski definition) is 0. The van der Waals surface area contributed by atoms with Crippen LogP contribution < -0.4 is 5.01 Å². The summed E-state index contributed by atoms with van der Waals surface area (Å²) in [7, 11) is 0. The molecular formula is C24H14F8N6. The van der Waals surface area contributed by atoms with Crippen molar-refractivity contribution in [2.45, 2.75) is 24.6 Å². The Labute approximate surface area is 208 Å². The van der Waals surface area contributed by atoms with Crippen molar-refractivity contribution in [3.05, 3.63) is 90.0 Å². The molecule has 3 aromatic carbocycles. The number of aromatic nitrogens is 4. The maximum absolute atomic E-state index is 14.8. The first-order valence-corrected chi connectivity index (χ1v) is 10.9. The lowest BCUT2D eigenvalue weighted by Crippen LogP contribution is -2.43. The molecule has 1 atom stereocenters. The quantitative estimate of drug-likeness (QED) is 0.282. The van der Waals surface area contributed by atoms with Crippen LogP contribution in [0.2, 0.25) is 0 Å². The van der Waals surface area contributed by atoms with Crippen molar-refractivity contribution in [3.8, 4) is 16.8 Å². The average Bonchev–Trinajstić information content (AvgIpc) is 3.55. The minimum absolute atomic E-state index is 0.00123. The maximum Gasteiger partial charge on any atom is 0.459 e. The molecule has 14 heteroatoms. The van der Waals surface area contributed by atoms with Crippen LogP contribution in [-0.4, -0.2) is 38.0 Å². The van der Waals surface area contributed by atoms with Crippen LogP contribution in [0.1, 0.15) is 18.0 Å². The third-order valence-corrected chi connectivity index (χ3v) is 5.95. The summed E-state index contributed by atoms with van der Waals surface area (Å²) >= 11 is 0. The standard InChI is InChI=1S/C24H14F8N6/c25-15-4-8-20(19(27)10-15)38-21(11-22(34-38)23(28,29)24(30,31)32)14-3-7-18(26)17(9-14)13-1-5-16(6-2-13)37-12-33-35-36-37/h1-10,12,21H,11H2. The van der Waals surface area contributed by atoms with Gasteiger partial charge in [-0.3, -0.25) is 5.01 Å². The molecule has 38 heavy (non-hydrogen) atoms. The number of alkyl halides is 5. The van der Waals surface area contributed by atoms with Crippen molar-refractivity contribution >= 4 is 11.4 Å². The zero-order valence-electron chi connectivity index (χ0n) is 18.8. The fourth-order valence-electron chi connectivity index (χ4n) is 4.06. The van der Waals surface area contributed by atoms with E-state index in [4.69, 9.17) is 0 Å². The van der Waals surface area contributed by atoms with Gasteiger partial charge >= 0.3 is 12.1 Å². The molecule has 1 unspecified atom stereocenters. The summed E-state index contributed by atoms with van der Waals surface area (Å²) in [5, 5.41) is 14.8. The monoisotopic (exact) mass is 538 g/mol. The van der Waals surface area contributed by atoms with Crippen molar-refractivity contribution in [1.82, 2.24) is 20.2 Å². The van der Waals surface area contributed by atoms with E-state index >= 15 is 0 Å². The second-order valence-corrected chi connectivity index (χ2v) is 8.32. The highest BCUT2D eigenvalue weighted by atomic mass is 19.4. The number of benzene rings is 3. The van der Waals surface area contributed by atoms with E-state index in [0.29, 0.717) is 22.3 Å². The SMILES string of the molecule is Fc1ccc(N2N=C(C(F)(F)C(F)(F)F)CC2c2ccc(F)c(-c3ccc(-n4cnnn4)cc3)c2)c(F)c1. The van der Waals surface area contributed by atoms with Gasteiger partial charge in [0.1, 0.15) is 23.7 Å². The molecule has 1 aliphatic rings. The normalized spacial score (nSPS) is 16.2. The summed E-state index contributed by atoms with van der Waals surface area (Å²) in [6.45, 7) is 0. The molecule has 0 radical (unpaired) electrons. The van der Waals surface area contributed by atoms with E-state index in [2.05, 4.69) is 20.6 Å². The molecule has 0 fully saturated rings. The van der Waals surface area contributed by atoms with Gasteiger partial charge in [-0.25, -0.2) is 17.9 Å². The predicted octanol–water partition coefficient (Wildman–Crippen LogP) is 6.25. The molecule has 4 aromatic rings. The van der Waals surface area contributed by atoms with Crippen LogP contribution in [0.4, 0.5) is 40.8 Å². The molecule has 6 nitrogen and oxygen atoms in total. The van der Waals surface area contributed by atoms with E-state index in [0.717, 1.165) is 18.2 Å². The lowest BCUT2D eigenvalue weighted by molar-refractivity contribution is -0.249. The van der Waals surface area contributed by atoms with E-state index in [1.54, 1.807) is 12.1 Å². The van der Waals surface area contributed by atoms with Crippen LogP contribution in [0.5, 0.6) is 0 Å². The van der Waals surface area contributed by atoms with E-state index in [9.17, 15) is 35.1 Å². The Balaban J connectivity index is 1.56. The molecule has 0 spiro atoms. The number of rotatable bonds is 5. The highest BCUT2D eigenvalue weighted by molar-refractivity contribution is 5.95. The van der Waals surface area contributed by atoms with Crippen LogP contribution in [0.15, 0.2) is 72.1 Å². The second kappa shape index (κ2) is 9.19. The van der Waals surface area contributed by atoms with Gasteiger partial charge in [0, 0.05) is 18.1 Å². The molecule has 0 bridgehead atoms. The van der Waals surface area contributed by atoms with E-state index < -0.39 is 53.4 Å². The summed E-state index contributed by atoms with van der Waals surface area (Å²) in [5.41, 5.74) is -1.11. The topological polar surface area (TPSA) is 59.2 Å². The van der Waals surface area contributed by atoms with Gasteiger partial charge in [0.15, 0.2) is 5.82 Å². The van der Waals surface area contributed by atoms with Gasteiger partial charge in [0.05, 0.1) is 17.4 Å². The summed E-state index contributed by atoms with van der Waals surface area (Å²) in [6, 6.07) is 10.4. The average molecular weight is 538 g/mol. The first-order valence-electron chi connectivity index (χ1n) is 10.9. The molecule has 0 aliphatic carbocycles. The van der Waals surface area contributed by atoms with Crippen molar-refractivity contribution in [2.75, 3.05) is 5.01 Å². The third kappa shape index (κ3) is 4.46. The molecule has 2 heterocycles. The summed E-state index contributed by atoms with van der Waals surface area (Å²) < 4.78 is 112. The zero-order valence-corrected chi connectivity index (χ0v) is 18.8. The largest absolute Gasteiger partial charge is 0.459 e. The van der Waals surface area contributed by atoms with Crippen molar-refractivity contribution in [1.29, 1.82) is 0 Å². The number of anilines is 1. The third-order valence-electron chi connectivity index (χ3n) is 5.95.